The van der Waals surface area contributed by atoms with Gasteiger partial charge < -0.3 is 5.32 Å². The number of Topliss-reactive ketones (excluding diaryl/α,β-unsaturated/α-hetero) is 1. The largest absolute Gasteiger partial charge is 0.302 e. The number of hydrogen-bond acceptors (Lipinski definition) is 4. The van der Waals surface area contributed by atoms with Crippen LogP contribution in [0.2, 0.25) is 0 Å². The molecule has 1 N–H and O–H groups in total. The summed E-state index contributed by atoms with van der Waals surface area (Å²) in [5, 5.41) is 3.61. The third-order valence-corrected chi connectivity index (χ3v) is 9.16. The van der Waals surface area contributed by atoms with Crippen molar-refractivity contribution >= 4 is 28.2 Å². The molecule has 0 saturated heterocycles. The zero-order valence-electron chi connectivity index (χ0n) is 18.7. The van der Waals surface area contributed by atoms with Gasteiger partial charge in [0.25, 0.3) is 0 Å². The Kier molecular flexibility index (Phi) is 5.28. The van der Waals surface area contributed by atoms with E-state index in [-0.39, 0.29) is 11.3 Å². The molecule has 0 aliphatic heterocycles. The molecular formula is C26H32N2O2S. The summed E-state index contributed by atoms with van der Waals surface area (Å²) in [6, 6.07) is 6.96. The second-order valence-corrected chi connectivity index (χ2v) is 11.5. The van der Waals surface area contributed by atoms with E-state index in [0.717, 1.165) is 30.6 Å². The Morgan fingerprint density at radius 3 is 2.90 bits per heavy atom. The first-order valence-electron chi connectivity index (χ1n) is 11.7. The molecule has 3 aliphatic carbocycles. The Labute approximate surface area is 188 Å². The van der Waals surface area contributed by atoms with E-state index in [1.807, 2.05) is 6.92 Å². The zero-order chi connectivity index (χ0) is 21.8. The number of benzene rings is 1. The van der Waals surface area contributed by atoms with Crippen molar-refractivity contribution in [3.8, 4) is 0 Å². The number of thiazole rings is 1. The van der Waals surface area contributed by atoms with Crippen LogP contribution in [0.1, 0.15) is 72.9 Å². The second-order valence-electron chi connectivity index (χ2n) is 10.2. The number of nitrogens with zero attached hydrogens (tertiary/aromatic N) is 1. The maximum atomic E-state index is 13.1. The minimum absolute atomic E-state index is 0.0206. The molecule has 2 saturated carbocycles. The summed E-state index contributed by atoms with van der Waals surface area (Å²) in [7, 11) is 0. The number of fused-ring (bicyclic) bond motifs is 5. The van der Waals surface area contributed by atoms with Gasteiger partial charge in [-0.2, -0.15) is 0 Å². The van der Waals surface area contributed by atoms with Crippen LogP contribution in [-0.2, 0) is 16.0 Å². The fourth-order valence-electron chi connectivity index (χ4n) is 6.95. The molecule has 0 spiro atoms. The summed E-state index contributed by atoms with van der Waals surface area (Å²) in [6.07, 6.45) is 8.11. The lowest BCUT2D eigenvalue weighted by Gasteiger charge is -2.50. The lowest BCUT2D eigenvalue weighted by Crippen LogP contribution is -2.44. The molecule has 4 unspecified atom stereocenters. The summed E-state index contributed by atoms with van der Waals surface area (Å²) in [4.78, 5) is 31.0. The van der Waals surface area contributed by atoms with Crippen molar-refractivity contribution in [3.05, 3.63) is 46.0 Å². The van der Waals surface area contributed by atoms with Crippen LogP contribution < -0.4 is 5.32 Å². The first kappa shape index (κ1) is 20.9. The first-order valence-corrected chi connectivity index (χ1v) is 12.5. The molecular weight excluding hydrogens is 404 g/mol. The van der Waals surface area contributed by atoms with Gasteiger partial charge in [0.15, 0.2) is 5.13 Å². The molecule has 5 heteroatoms. The van der Waals surface area contributed by atoms with E-state index < -0.39 is 0 Å². The van der Waals surface area contributed by atoms with E-state index in [0.29, 0.717) is 47.4 Å². The summed E-state index contributed by atoms with van der Waals surface area (Å²) in [5.41, 5.74) is 4.19. The number of carbonyl (C=O) groups is 2. The van der Waals surface area contributed by atoms with Crippen LogP contribution in [0.25, 0.3) is 0 Å². The summed E-state index contributed by atoms with van der Waals surface area (Å²) < 4.78 is 0. The standard InChI is InChI=1S/C26H32N2O2S/c1-15-4-7-19-17(12-15)5-8-21-20(19)10-11-26(3)22(29)13-18(24(21)26)6-9-23(30)28-25-27-14-16(2)31-25/h4,7,12,14,18,20-21,24H,5-6,8-11,13H2,1-3H3,(H,27,28,30)/t18?,20?,21?,24?,26-/m1/s1. The molecule has 2 aromatic rings. The number of carbonyl (C=O) groups excluding carboxylic acids is 2. The fourth-order valence-corrected chi connectivity index (χ4v) is 7.63. The number of nitrogens with one attached hydrogen (secondary N) is 1. The van der Waals surface area contributed by atoms with Gasteiger partial charge in [0.1, 0.15) is 5.78 Å². The van der Waals surface area contributed by atoms with E-state index in [9.17, 15) is 9.59 Å². The highest BCUT2D eigenvalue weighted by atomic mass is 32.1. The van der Waals surface area contributed by atoms with Gasteiger partial charge in [0.2, 0.25) is 5.91 Å². The molecule has 4 nitrogen and oxygen atoms in total. The average molecular weight is 437 g/mol. The van der Waals surface area contributed by atoms with Gasteiger partial charge in [-0.15, -0.1) is 11.3 Å². The maximum Gasteiger partial charge on any atom is 0.226 e. The van der Waals surface area contributed by atoms with Crippen LogP contribution in [0.3, 0.4) is 0 Å². The molecule has 1 aromatic heterocycles. The maximum absolute atomic E-state index is 13.1. The minimum Gasteiger partial charge on any atom is -0.302 e. The normalized spacial score (nSPS) is 31.6. The fraction of sp³-hybridized carbons (Fsp3) is 0.577. The number of ketones is 1. The number of amides is 1. The van der Waals surface area contributed by atoms with Crippen molar-refractivity contribution < 1.29 is 9.59 Å². The molecule has 0 radical (unpaired) electrons. The number of aryl methyl sites for hydroxylation is 3. The van der Waals surface area contributed by atoms with Crippen molar-refractivity contribution in [2.24, 2.45) is 23.2 Å². The first-order chi connectivity index (χ1) is 14.8. The van der Waals surface area contributed by atoms with Gasteiger partial charge >= 0.3 is 0 Å². The Morgan fingerprint density at radius 2 is 2.13 bits per heavy atom. The van der Waals surface area contributed by atoms with Crippen LogP contribution >= 0.6 is 11.3 Å². The van der Waals surface area contributed by atoms with Crippen molar-refractivity contribution in [2.45, 2.75) is 71.6 Å². The van der Waals surface area contributed by atoms with E-state index >= 15 is 0 Å². The Bertz CT molecular complexity index is 1030. The topological polar surface area (TPSA) is 59.1 Å². The number of rotatable bonds is 4. The molecule has 5 rings (SSSR count). The second kappa shape index (κ2) is 7.84. The van der Waals surface area contributed by atoms with Crippen LogP contribution in [0, 0.1) is 37.0 Å². The predicted molar refractivity (Wildman–Crippen MR) is 124 cm³/mol. The van der Waals surface area contributed by atoms with E-state index in [4.69, 9.17) is 0 Å². The molecule has 1 amide bonds. The number of aromatic nitrogens is 1. The van der Waals surface area contributed by atoms with Gasteiger partial charge in [-0.3, -0.25) is 9.59 Å². The zero-order valence-corrected chi connectivity index (χ0v) is 19.6. The Balaban J connectivity index is 1.33. The Morgan fingerprint density at radius 1 is 1.29 bits per heavy atom. The lowest BCUT2D eigenvalue weighted by atomic mass is 9.54. The van der Waals surface area contributed by atoms with Crippen molar-refractivity contribution in [3.63, 3.8) is 0 Å². The van der Waals surface area contributed by atoms with Gasteiger partial charge in [-0.25, -0.2) is 4.98 Å². The van der Waals surface area contributed by atoms with Gasteiger partial charge in [-0.05, 0) is 80.8 Å². The summed E-state index contributed by atoms with van der Waals surface area (Å²) >= 11 is 1.50. The predicted octanol–water partition coefficient (Wildman–Crippen LogP) is 5.83. The van der Waals surface area contributed by atoms with E-state index in [2.05, 4.69) is 42.3 Å². The van der Waals surface area contributed by atoms with Gasteiger partial charge in [0, 0.05) is 29.3 Å². The highest BCUT2D eigenvalue weighted by Crippen LogP contribution is 2.62. The highest BCUT2D eigenvalue weighted by Gasteiger charge is 2.58. The monoisotopic (exact) mass is 436 g/mol. The third-order valence-electron chi connectivity index (χ3n) is 8.34. The number of anilines is 1. The molecule has 3 aliphatic rings. The third kappa shape index (κ3) is 3.65. The van der Waals surface area contributed by atoms with Crippen molar-refractivity contribution in [2.75, 3.05) is 5.32 Å². The molecule has 1 aromatic carbocycles. The lowest BCUT2D eigenvalue weighted by molar-refractivity contribution is -0.129. The summed E-state index contributed by atoms with van der Waals surface area (Å²) in [6.45, 7) is 6.38. The van der Waals surface area contributed by atoms with Crippen molar-refractivity contribution in [1.82, 2.24) is 4.98 Å². The van der Waals surface area contributed by atoms with Gasteiger partial charge in [0.05, 0.1) is 0 Å². The SMILES string of the molecule is Cc1ccc2c(c1)CCC1C2CC[C@]2(C)C(=O)CC(CCC(=O)Nc3ncc(C)s3)C12. The quantitative estimate of drug-likeness (QED) is 0.656. The van der Waals surface area contributed by atoms with Crippen LogP contribution in [-0.4, -0.2) is 16.7 Å². The van der Waals surface area contributed by atoms with E-state index in [1.54, 1.807) is 6.20 Å². The van der Waals surface area contributed by atoms with Gasteiger partial charge in [-0.1, -0.05) is 30.7 Å². The Hall–Kier alpha value is -2.01. The molecule has 164 valence electrons. The molecule has 0 bridgehead atoms. The minimum atomic E-state index is -0.197. The molecule has 31 heavy (non-hydrogen) atoms. The number of hydrogen-bond donors (Lipinski definition) is 1. The molecule has 1 heterocycles. The van der Waals surface area contributed by atoms with Crippen LogP contribution in [0.4, 0.5) is 5.13 Å². The molecule has 2 fully saturated rings. The van der Waals surface area contributed by atoms with Crippen LogP contribution in [0.15, 0.2) is 24.4 Å². The van der Waals surface area contributed by atoms with E-state index in [1.165, 1.54) is 34.4 Å². The van der Waals surface area contributed by atoms with Crippen molar-refractivity contribution in [1.29, 1.82) is 0 Å². The highest BCUT2D eigenvalue weighted by molar-refractivity contribution is 7.15. The average Bonchev–Trinajstić information content (AvgIpc) is 3.25. The smallest absolute Gasteiger partial charge is 0.226 e. The molecule has 5 atom stereocenters. The van der Waals surface area contributed by atoms with Crippen LogP contribution in [0.5, 0.6) is 0 Å². The summed E-state index contributed by atoms with van der Waals surface area (Å²) in [5.74, 6) is 2.32.